The summed E-state index contributed by atoms with van der Waals surface area (Å²) in [5, 5.41) is 3.94. The number of halogens is 1. The zero-order valence-corrected chi connectivity index (χ0v) is 15.1. The molecule has 2 aromatic carbocycles. The average Bonchev–Trinajstić information content (AvgIpc) is 2.51. The number of carbonyl (C=O) groups is 1. The molecule has 0 saturated heterocycles. The van der Waals surface area contributed by atoms with Crippen LogP contribution in [0.15, 0.2) is 59.2 Å². The summed E-state index contributed by atoms with van der Waals surface area (Å²) in [6.07, 6.45) is 1.75. The molecule has 1 amide bonds. The molecule has 0 aliphatic carbocycles. The molecule has 1 aromatic heterocycles. The topological polar surface area (TPSA) is 42.0 Å². The van der Waals surface area contributed by atoms with E-state index in [2.05, 4.69) is 62.6 Å². The Labute approximate surface area is 143 Å². The van der Waals surface area contributed by atoms with Gasteiger partial charge in [0.2, 0.25) is 0 Å². The number of nitrogens with zero attached hydrogens (tertiary/aromatic N) is 1. The Balaban J connectivity index is 2.03. The Kier molecular flexibility index (Phi) is 4.57. The number of hydrogen-bond donors (Lipinski definition) is 1. The Morgan fingerprint density at radius 1 is 1.14 bits per heavy atom. The molecule has 0 radical (unpaired) electrons. The molecule has 5 heteroatoms. The van der Waals surface area contributed by atoms with Gasteiger partial charge in [-0.15, -0.1) is 0 Å². The van der Waals surface area contributed by atoms with Crippen molar-refractivity contribution in [3.63, 3.8) is 0 Å². The summed E-state index contributed by atoms with van der Waals surface area (Å²) in [6, 6.07) is 16.4. The predicted molar refractivity (Wildman–Crippen MR) is 95.2 cm³/mol. The number of benzene rings is 2. The van der Waals surface area contributed by atoms with E-state index < -0.39 is 0 Å². The molecule has 0 saturated carbocycles. The van der Waals surface area contributed by atoms with Crippen LogP contribution in [0.3, 0.4) is 0 Å². The fourth-order valence-corrected chi connectivity index (χ4v) is 4.39. The molecule has 0 aliphatic rings. The SMILES string of the molecule is CC(=O)Nc1ccc([Se]c2ccc(Br)cc2)c2cccnc12. The van der Waals surface area contributed by atoms with E-state index in [1.54, 1.807) is 6.20 Å². The van der Waals surface area contributed by atoms with Gasteiger partial charge in [0, 0.05) is 0 Å². The van der Waals surface area contributed by atoms with E-state index in [0.717, 1.165) is 21.1 Å². The standard InChI is InChI=1S/C17H13BrN2OSe/c1-11(21)20-15-8-9-16(14-3-2-10-19-17(14)15)22-13-6-4-12(18)5-7-13/h2-10H,1H3,(H,20,21). The van der Waals surface area contributed by atoms with Crippen LogP contribution in [0.25, 0.3) is 10.9 Å². The fraction of sp³-hybridized carbons (Fsp3) is 0.0588. The second-order valence-corrected chi connectivity index (χ2v) is 8.00. The van der Waals surface area contributed by atoms with Crippen LogP contribution in [0, 0.1) is 0 Å². The number of amides is 1. The van der Waals surface area contributed by atoms with Crippen LogP contribution >= 0.6 is 15.9 Å². The molecule has 3 nitrogen and oxygen atoms in total. The first-order chi connectivity index (χ1) is 10.6. The summed E-state index contributed by atoms with van der Waals surface area (Å²) in [4.78, 5) is 15.8. The van der Waals surface area contributed by atoms with Crippen LogP contribution in [0.4, 0.5) is 5.69 Å². The molecule has 3 rings (SSSR count). The van der Waals surface area contributed by atoms with Gasteiger partial charge in [0.15, 0.2) is 0 Å². The van der Waals surface area contributed by atoms with Gasteiger partial charge in [-0.1, -0.05) is 0 Å². The molecular formula is C17H13BrN2OSe. The minimum atomic E-state index is -0.0851. The molecule has 1 heterocycles. The number of fused-ring (bicyclic) bond motifs is 1. The molecule has 0 unspecified atom stereocenters. The van der Waals surface area contributed by atoms with Crippen molar-refractivity contribution < 1.29 is 4.79 Å². The van der Waals surface area contributed by atoms with Gasteiger partial charge in [0.1, 0.15) is 0 Å². The van der Waals surface area contributed by atoms with Crippen molar-refractivity contribution in [3.05, 3.63) is 59.2 Å². The van der Waals surface area contributed by atoms with Crippen molar-refractivity contribution in [2.45, 2.75) is 6.92 Å². The summed E-state index contributed by atoms with van der Waals surface area (Å²) in [7, 11) is 0. The molecule has 3 aromatic rings. The van der Waals surface area contributed by atoms with Gasteiger partial charge in [0.25, 0.3) is 0 Å². The second kappa shape index (κ2) is 6.61. The van der Waals surface area contributed by atoms with Gasteiger partial charge >= 0.3 is 144 Å². The van der Waals surface area contributed by atoms with Crippen molar-refractivity contribution in [2.75, 3.05) is 5.32 Å². The summed E-state index contributed by atoms with van der Waals surface area (Å²) in [5.41, 5.74) is 1.60. The number of carbonyl (C=O) groups excluding carboxylic acids is 1. The van der Waals surface area contributed by atoms with Gasteiger partial charge < -0.3 is 0 Å². The number of aromatic nitrogens is 1. The van der Waals surface area contributed by atoms with Crippen LogP contribution in [0.1, 0.15) is 6.92 Å². The molecular weight excluding hydrogens is 407 g/mol. The summed E-state index contributed by atoms with van der Waals surface area (Å²) in [6.45, 7) is 1.51. The zero-order valence-electron chi connectivity index (χ0n) is 11.8. The number of anilines is 1. The third-order valence-electron chi connectivity index (χ3n) is 3.08. The number of rotatable bonds is 3. The van der Waals surface area contributed by atoms with Crippen LogP contribution in [-0.2, 0) is 4.79 Å². The normalized spacial score (nSPS) is 10.6. The molecule has 22 heavy (non-hydrogen) atoms. The monoisotopic (exact) mass is 420 g/mol. The first-order valence-corrected chi connectivity index (χ1v) is 9.23. The first kappa shape index (κ1) is 15.2. The number of hydrogen-bond acceptors (Lipinski definition) is 2. The maximum atomic E-state index is 11.3. The third kappa shape index (κ3) is 3.38. The zero-order chi connectivity index (χ0) is 15.5. The van der Waals surface area contributed by atoms with Gasteiger partial charge in [-0.2, -0.15) is 0 Å². The molecule has 1 N–H and O–H groups in total. The van der Waals surface area contributed by atoms with Crippen LogP contribution in [0.2, 0.25) is 0 Å². The molecule has 0 spiro atoms. The number of pyridine rings is 1. The van der Waals surface area contributed by atoms with Crippen LogP contribution < -0.4 is 14.2 Å². The second-order valence-electron chi connectivity index (χ2n) is 4.75. The number of nitrogens with one attached hydrogen (secondary N) is 1. The van der Waals surface area contributed by atoms with E-state index in [0.29, 0.717) is 0 Å². The van der Waals surface area contributed by atoms with E-state index in [-0.39, 0.29) is 20.9 Å². The maximum absolute atomic E-state index is 11.3. The van der Waals surface area contributed by atoms with Crippen molar-refractivity contribution in [3.8, 4) is 0 Å². The van der Waals surface area contributed by atoms with E-state index >= 15 is 0 Å². The van der Waals surface area contributed by atoms with Gasteiger partial charge in [-0.3, -0.25) is 0 Å². The predicted octanol–water partition coefficient (Wildman–Crippen LogP) is 2.61. The average molecular weight is 420 g/mol. The van der Waals surface area contributed by atoms with Crippen molar-refractivity contribution in [1.29, 1.82) is 0 Å². The van der Waals surface area contributed by atoms with Crippen molar-refractivity contribution >= 4 is 62.3 Å². The Morgan fingerprint density at radius 3 is 2.64 bits per heavy atom. The molecule has 110 valence electrons. The van der Waals surface area contributed by atoms with E-state index in [1.807, 2.05) is 12.1 Å². The van der Waals surface area contributed by atoms with Gasteiger partial charge in [0.05, 0.1) is 0 Å². The van der Waals surface area contributed by atoms with E-state index in [4.69, 9.17) is 0 Å². The fourth-order valence-electron chi connectivity index (χ4n) is 2.16. The van der Waals surface area contributed by atoms with Crippen molar-refractivity contribution in [1.82, 2.24) is 4.98 Å². The summed E-state index contributed by atoms with van der Waals surface area (Å²) < 4.78 is 3.64. The van der Waals surface area contributed by atoms with Crippen LogP contribution in [0.5, 0.6) is 0 Å². The molecule has 0 fully saturated rings. The molecule has 0 aliphatic heterocycles. The quantitative estimate of drug-likeness (QED) is 0.663. The first-order valence-electron chi connectivity index (χ1n) is 6.72. The summed E-state index contributed by atoms with van der Waals surface area (Å²) in [5.74, 6) is -0.0851. The van der Waals surface area contributed by atoms with E-state index in [1.165, 1.54) is 15.8 Å². The Bertz CT molecular complexity index is 834. The Hall–Kier alpha value is -1.68. The van der Waals surface area contributed by atoms with Gasteiger partial charge in [-0.25, -0.2) is 0 Å². The molecule has 0 bridgehead atoms. The van der Waals surface area contributed by atoms with Crippen molar-refractivity contribution in [2.24, 2.45) is 0 Å². The minimum absolute atomic E-state index is 0.0851. The van der Waals surface area contributed by atoms with E-state index in [9.17, 15) is 4.79 Å². The summed E-state index contributed by atoms with van der Waals surface area (Å²) >= 11 is 3.65. The van der Waals surface area contributed by atoms with Crippen LogP contribution in [-0.4, -0.2) is 25.8 Å². The van der Waals surface area contributed by atoms with Gasteiger partial charge in [-0.05, 0) is 0 Å². The molecule has 0 atom stereocenters. The Morgan fingerprint density at radius 2 is 1.91 bits per heavy atom. The third-order valence-corrected chi connectivity index (χ3v) is 5.88.